The van der Waals surface area contributed by atoms with E-state index in [1.807, 2.05) is 41.5 Å². The molecule has 1 atom stereocenters. The zero-order valence-electron chi connectivity index (χ0n) is 16.6. The topological polar surface area (TPSA) is 66.4 Å². The predicted octanol–water partition coefficient (Wildman–Crippen LogP) is 5.33. The van der Waals surface area contributed by atoms with Crippen LogP contribution in [0.25, 0.3) is 0 Å². The minimum Gasteiger partial charge on any atom is -0.499 e. The molecule has 0 aliphatic carbocycles. The number of hydrogen-bond acceptors (Lipinski definition) is 6. The highest BCUT2D eigenvalue weighted by atomic mass is 16.6. The van der Waals surface area contributed by atoms with Crippen LogP contribution in [0, 0.1) is 0 Å². The van der Waals surface area contributed by atoms with Crippen molar-refractivity contribution < 1.29 is 28.8 Å². The lowest BCUT2D eigenvalue weighted by molar-refractivity contribution is -0.0924. The third kappa shape index (κ3) is 36.3. The van der Waals surface area contributed by atoms with Crippen LogP contribution in [0.3, 0.4) is 0 Å². The van der Waals surface area contributed by atoms with Crippen LogP contribution in [0.4, 0.5) is 0 Å². The molecule has 178 valence electrons. The molecule has 1 unspecified atom stereocenters. The highest BCUT2D eigenvalue weighted by molar-refractivity contribution is 4.62. The lowest BCUT2D eigenvalue weighted by Crippen LogP contribution is -2.29. The smallest absolute Gasteiger partial charge is 0.116 e. The first-order chi connectivity index (χ1) is 11.1. The van der Waals surface area contributed by atoms with E-state index in [-0.39, 0.29) is 47.0 Å². The van der Waals surface area contributed by atoms with Crippen molar-refractivity contribution in [2.45, 2.75) is 88.6 Å². The Hall–Kier alpha value is -0.660. The van der Waals surface area contributed by atoms with Crippen molar-refractivity contribution >= 4 is 0 Å². The van der Waals surface area contributed by atoms with Crippen LogP contribution in [0.15, 0.2) is 12.8 Å². The van der Waals surface area contributed by atoms with Crippen molar-refractivity contribution in [1.82, 2.24) is 0 Å². The SMILES string of the molecule is C.C.C.C.C=COCC(COCCOC(C)(C)C)OCCOC(C)(C)C.CO. The van der Waals surface area contributed by atoms with E-state index in [1.54, 1.807) is 0 Å². The fourth-order valence-electron chi connectivity index (χ4n) is 1.50. The first kappa shape index (κ1) is 41.7. The summed E-state index contributed by atoms with van der Waals surface area (Å²) >= 11 is 0. The van der Waals surface area contributed by atoms with Crippen molar-refractivity contribution in [2.75, 3.05) is 46.8 Å². The summed E-state index contributed by atoms with van der Waals surface area (Å²) in [6.45, 7) is 18.7. The summed E-state index contributed by atoms with van der Waals surface area (Å²) < 4.78 is 27.7. The molecule has 0 aromatic rings. The zero-order valence-corrected chi connectivity index (χ0v) is 16.6. The van der Waals surface area contributed by atoms with Gasteiger partial charge in [-0.2, -0.15) is 0 Å². The van der Waals surface area contributed by atoms with Crippen LogP contribution >= 0.6 is 0 Å². The second kappa shape index (κ2) is 24.4. The largest absolute Gasteiger partial charge is 0.499 e. The highest BCUT2D eigenvalue weighted by Gasteiger charge is 2.13. The minimum atomic E-state index is -0.155. The second-order valence-corrected chi connectivity index (χ2v) is 6.99. The average Bonchev–Trinajstić information content (AvgIpc) is 2.47. The molecule has 0 spiro atoms. The fraction of sp³-hybridized carbons (Fsp3) is 0.909. The van der Waals surface area contributed by atoms with Gasteiger partial charge in [-0.1, -0.05) is 36.3 Å². The van der Waals surface area contributed by atoms with Crippen LogP contribution in [-0.4, -0.2) is 69.2 Å². The van der Waals surface area contributed by atoms with Gasteiger partial charge in [-0.15, -0.1) is 0 Å². The molecule has 0 heterocycles. The summed E-state index contributed by atoms with van der Waals surface area (Å²) in [6.07, 6.45) is 1.27. The quantitative estimate of drug-likeness (QED) is 0.344. The number of aliphatic hydroxyl groups excluding tert-OH is 1. The summed E-state index contributed by atoms with van der Waals surface area (Å²) in [5, 5.41) is 7.00. The van der Waals surface area contributed by atoms with E-state index in [2.05, 4.69) is 6.58 Å². The van der Waals surface area contributed by atoms with Gasteiger partial charge in [-0.05, 0) is 41.5 Å². The fourth-order valence-corrected chi connectivity index (χ4v) is 1.50. The molecule has 28 heavy (non-hydrogen) atoms. The first-order valence-corrected chi connectivity index (χ1v) is 8.28. The number of hydrogen-bond donors (Lipinski definition) is 1. The molecule has 0 rings (SSSR count). The lowest BCUT2D eigenvalue weighted by atomic mass is 10.2. The van der Waals surface area contributed by atoms with E-state index >= 15 is 0 Å². The lowest BCUT2D eigenvalue weighted by Gasteiger charge is -2.22. The Morgan fingerprint density at radius 3 is 1.57 bits per heavy atom. The molecule has 6 nitrogen and oxygen atoms in total. The van der Waals surface area contributed by atoms with E-state index in [4.69, 9.17) is 28.8 Å². The van der Waals surface area contributed by atoms with Gasteiger partial charge in [-0.25, -0.2) is 0 Å². The van der Waals surface area contributed by atoms with E-state index < -0.39 is 0 Å². The normalized spacial score (nSPS) is 11.1. The Kier molecular flexibility index (Phi) is 36.3. The number of aliphatic hydroxyl groups is 1. The maximum absolute atomic E-state index is 7.00. The Balaban J connectivity index is -0.000000195. The molecular formula is C22H54O6. The molecule has 0 saturated heterocycles. The van der Waals surface area contributed by atoms with Gasteiger partial charge in [0.2, 0.25) is 0 Å². The van der Waals surface area contributed by atoms with Gasteiger partial charge in [0, 0.05) is 7.11 Å². The minimum absolute atomic E-state index is 0. The van der Waals surface area contributed by atoms with Gasteiger partial charge >= 0.3 is 0 Å². The maximum Gasteiger partial charge on any atom is 0.116 e. The van der Waals surface area contributed by atoms with Crippen LogP contribution in [-0.2, 0) is 23.7 Å². The van der Waals surface area contributed by atoms with E-state index in [9.17, 15) is 0 Å². The van der Waals surface area contributed by atoms with Crippen LogP contribution < -0.4 is 0 Å². The summed E-state index contributed by atoms with van der Waals surface area (Å²) in [6, 6.07) is 0. The van der Waals surface area contributed by atoms with Crippen molar-refractivity contribution in [3.8, 4) is 0 Å². The summed E-state index contributed by atoms with van der Waals surface area (Å²) in [5.74, 6) is 0. The van der Waals surface area contributed by atoms with Crippen LogP contribution in [0.2, 0.25) is 0 Å². The summed E-state index contributed by atoms with van der Waals surface area (Å²) in [7, 11) is 1.00. The Morgan fingerprint density at radius 2 is 1.18 bits per heavy atom. The maximum atomic E-state index is 7.00. The monoisotopic (exact) mass is 414 g/mol. The van der Waals surface area contributed by atoms with Crippen molar-refractivity contribution in [1.29, 1.82) is 0 Å². The predicted molar refractivity (Wildman–Crippen MR) is 123 cm³/mol. The number of ether oxygens (including phenoxy) is 5. The van der Waals surface area contributed by atoms with Gasteiger partial charge in [0.05, 0.1) is 50.5 Å². The van der Waals surface area contributed by atoms with Gasteiger partial charge in [0.15, 0.2) is 0 Å². The van der Waals surface area contributed by atoms with Gasteiger partial charge in [0.25, 0.3) is 0 Å². The van der Waals surface area contributed by atoms with Crippen molar-refractivity contribution in [2.24, 2.45) is 0 Å². The molecule has 1 N–H and O–H groups in total. The Bertz CT molecular complexity index is 282. The molecule has 0 aliphatic rings. The van der Waals surface area contributed by atoms with E-state index in [1.165, 1.54) is 6.26 Å². The first-order valence-electron chi connectivity index (χ1n) is 8.28. The Labute approximate surface area is 177 Å². The molecule has 0 fully saturated rings. The molecule has 0 bridgehead atoms. The third-order valence-electron chi connectivity index (χ3n) is 2.44. The molecule has 0 aromatic heterocycles. The molecule has 0 amide bonds. The second-order valence-electron chi connectivity index (χ2n) is 6.99. The molecule has 0 radical (unpaired) electrons. The molecule has 0 saturated carbocycles. The third-order valence-corrected chi connectivity index (χ3v) is 2.44. The van der Waals surface area contributed by atoms with E-state index in [0.29, 0.717) is 39.6 Å². The van der Waals surface area contributed by atoms with Crippen LogP contribution in [0.5, 0.6) is 0 Å². The van der Waals surface area contributed by atoms with Gasteiger partial charge in [0.1, 0.15) is 12.7 Å². The molecule has 0 aliphatic heterocycles. The van der Waals surface area contributed by atoms with Crippen LogP contribution in [0.1, 0.15) is 71.2 Å². The Morgan fingerprint density at radius 1 is 0.750 bits per heavy atom. The standard InChI is InChI=1S/C17H34O5.CH4O.4CH4/c1-8-18-13-15(20-10-12-22-17(5,6)7)14-19-9-11-21-16(2,3)4;1-2;;;;/h8,15H,1,9-14H2,2-7H3;2H,1H3;4*1H4. The summed E-state index contributed by atoms with van der Waals surface area (Å²) in [5.41, 5.74) is -0.299. The molecule has 0 aromatic carbocycles. The zero-order chi connectivity index (χ0) is 19.1. The highest BCUT2D eigenvalue weighted by Crippen LogP contribution is 2.07. The average molecular weight is 415 g/mol. The number of rotatable bonds is 12. The van der Waals surface area contributed by atoms with Crippen molar-refractivity contribution in [3.63, 3.8) is 0 Å². The van der Waals surface area contributed by atoms with Gasteiger partial charge in [-0.3, -0.25) is 0 Å². The summed E-state index contributed by atoms with van der Waals surface area (Å²) in [4.78, 5) is 0. The molecular weight excluding hydrogens is 360 g/mol. The van der Waals surface area contributed by atoms with Crippen molar-refractivity contribution in [3.05, 3.63) is 12.8 Å². The van der Waals surface area contributed by atoms with Gasteiger partial charge < -0.3 is 28.8 Å². The molecule has 6 heteroatoms. The van der Waals surface area contributed by atoms with E-state index in [0.717, 1.165) is 7.11 Å².